The molecule has 0 aromatic heterocycles. The molecule has 0 amide bonds. The minimum absolute atomic E-state index is 1.03. The second-order valence-corrected chi connectivity index (χ2v) is 6.47. The van der Waals surface area contributed by atoms with Crippen molar-refractivity contribution in [2.45, 2.75) is 43.4 Å². The van der Waals surface area contributed by atoms with Crippen LogP contribution >= 0.6 is 11.8 Å². The molecule has 2 saturated carbocycles. The van der Waals surface area contributed by atoms with Gasteiger partial charge in [-0.25, -0.2) is 0 Å². The molecule has 0 bridgehead atoms. The molecule has 0 radical (unpaired) electrons. The van der Waals surface area contributed by atoms with E-state index < -0.39 is 0 Å². The van der Waals surface area contributed by atoms with Crippen LogP contribution in [0.2, 0.25) is 0 Å². The van der Waals surface area contributed by atoms with Crippen molar-refractivity contribution in [2.24, 2.45) is 11.8 Å². The highest BCUT2D eigenvalue weighted by atomic mass is 32.2. The lowest BCUT2D eigenvalue weighted by Gasteiger charge is -2.03. The van der Waals surface area contributed by atoms with E-state index in [1.807, 2.05) is 11.8 Å². The van der Waals surface area contributed by atoms with Gasteiger partial charge in [-0.2, -0.15) is 0 Å². The molecular formula is C15H20S. The zero-order chi connectivity index (χ0) is 10.8. The second kappa shape index (κ2) is 4.83. The summed E-state index contributed by atoms with van der Waals surface area (Å²) >= 11 is 2.04. The summed E-state index contributed by atoms with van der Waals surface area (Å²) in [4.78, 5) is 1.46. The van der Waals surface area contributed by atoms with Gasteiger partial charge in [0.2, 0.25) is 0 Å². The Morgan fingerprint density at radius 2 is 1.62 bits per heavy atom. The molecule has 2 aliphatic carbocycles. The summed E-state index contributed by atoms with van der Waals surface area (Å²) in [6.07, 6.45) is 8.59. The average Bonchev–Trinajstić information content (AvgIpc) is 3.17. The molecule has 0 atom stereocenters. The van der Waals surface area contributed by atoms with Gasteiger partial charge in [-0.05, 0) is 55.2 Å². The first-order valence-electron chi connectivity index (χ1n) is 6.62. The maximum atomic E-state index is 2.33. The van der Waals surface area contributed by atoms with E-state index in [2.05, 4.69) is 24.3 Å². The SMILES string of the molecule is c1cc(SCC2CC2)ccc1CCC1CC1. The van der Waals surface area contributed by atoms with Gasteiger partial charge in [0.25, 0.3) is 0 Å². The summed E-state index contributed by atoms with van der Waals surface area (Å²) in [5.74, 6) is 3.42. The summed E-state index contributed by atoms with van der Waals surface area (Å²) in [5, 5.41) is 0. The molecule has 86 valence electrons. The van der Waals surface area contributed by atoms with Gasteiger partial charge < -0.3 is 0 Å². The smallest absolute Gasteiger partial charge is 0.00722 e. The number of benzene rings is 1. The maximum Gasteiger partial charge on any atom is 0.00722 e. The predicted octanol–water partition coefficient (Wildman–Crippen LogP) is 4.53. The molecule has 0 spiro atoms. The zero-order valence-corrected chi connectivity index (χ0v) is 10.6. The Morgan fingerprint density at radius 1 is 0.938 bits per heavy atom. The first kappa shape index (κ1) is 10.7. The van der Waals surface area contributed by atoms with E-state index >= 15 is 0 Å². The second-order valence-electron chi connectivity index (χ2n) is 5.38. The Bertz CT molecular complexity index is 298. The van der Waals surface area contributed by atoms with Crippen LogP contribution in [0.3, 0.4) is 0 Å². The molecule has 0 saturated heterocycles. The van der Waals surface area contributed by atoms with Gasteiger partial charge in [-0.3, -0.25) is 0 Å². The third kappa shape index (κ3) is 3.28. The highest BCUT2D eigenvalue weighted by molar-refractivity contribution is 7.99. The molecule has 2 fully saturated rings. The molecule has 0 nitrogen and oxygen atoms in total. The molecule has 3 rings (SSSR count). The molecule has 1 aromatic carbocycles. The van der Waals surface area contributed by atoms with E-state index in [9.17, 15) is 0 Å². The molecular weight excluding hydrogens is 212 g/mol. The summed E-state index contributed by atoms with van der Waals surface area (Å²) in [7, 11) is 0. The molecule has 0 N–H and O–H groups in total. The summed E-state index contributed by atoms with van der Waals surface area (Å²) in [6.45, 7) is 0. The Labute approximate surface area is 103 Å². The van der Waals surface area contributed by atoms with Crippen LogP contribution in [0.25, 0.3) is 0 Å². The van der Waals surface area contributed by atoms with Gasteiger partial charge in [0.15, 0.2) is 0 Å². The monoisotopic (exact) mass is 232 g/mol. The first-order valence-corrected chi connectivity index (χ1v) is 7.60. The number of thioether (sulfide) groups is 1. The minimum atomic E-state index is 1.03. The molecule has 0 unspecified atom stereocenters. The van der Waals surface area contributed by atoms with Crippen molar-refractivity contribution >= 4 is 11.8 Å². The fourth-order valence-electron chi connectivity index (χ4n) is 2.03. The number of aryl methyl sites for hydroxylation is 1. The topological polar surface area (TPSA) is 0 Å². The highest BCUT2D eigenvalue weighted by Gasteiger charge is 2.21. The summed E-state index contributed by atoms with van der Waals surface area (Å²) in [6, 6.07) is 9.29. The molecule has 2 aliphatic rings. The van der Waals surface area contributed by atoms with Crippen LogP contribution in [0.15, 0.2) is 29.2 Å². The van der Waals surface area contributed by atoms with Gasteiger partial charge in [0.05, 0.1) is 0 Å². The minimum Gasteiger partial charge on any atom is -0.126 e. The van der Waals surface area contributed by atoms with Crippen LogP contribution in [0.4, 0.5) is 0 Å². The van der Waals surface area contributed by atoms with E-state index in [1.165, 1.54) is 54.7 Å². The predicted molar refractivity (Wildman–Crippen MR) is 70.9 cm³/mol. The Hall–Kier alpha value is -0.430. The lowest BCUT2D eigenvalue weighted by Crippen LogP contribution is -1.87. The molecule has 1 aromatic rings. The zero-order valence-electron chi connectivity index (χ0n) is 9.82. The lowest BCUT2D eigenvalue weighted by atomic mass is 10.1. The van der Waals surface area contributed by atoms with E-state index in [0.717, 1.165) is 11.8 Å². The molecule has 0 aliphatic heterocycles. The molecule has 16 heavy (non-hydrogen) atoms. The van der Waals surface area contributed by atoms with Crippen molar-refractivity contribution < 1.29 is 0 Å². The van der Waals surface area contributed by atoms with Crippen LogP contribution in [-0.4, -0.2) is 5.75 Å². The molecule has 0 heterocycles. The molecule has 1 heteroatoms. The quantitative estimate of drug-likeness (QED) is 0.649. The maximum absolute atomic E-state index is 2.33. The van der Waals surface area contributed by atoms with Crippen LogP contribution in [0, 0.1) is 11.8 Å². The van der Waals surface area contributed by atoms with Crippen molar-refractivity contribution in [2.75, 3.05) is 5.75 Å². The van der Waals surface area contributed by atoms with Crippen molar-refractivity contribution in [3.05, 3.63) is 29.8 Å². The van der Waals surface area contributed by atoms with Gasteiger partial charge in [-0.15, -0.1) is 11.8 Å². The average molecular weight is 232 g/mol. The third-order valence-corrected chi connectivity index (χ3v) is 4.89. The van der Waals surface area contributed by atoms with Gasteiger partial charge in [0, 0.05) is 10.6 Å². The highest BCUT2D eigenvalue weighted by Crippen LogP contribution is 2.35. The van der Waals surface area contributed by atoms with Gasteiger partial charge >= 0.3 is 0 Å². The first-order chi connectivity index (χ1) is 7.90. The Kier molecular flexibility index (Phi) is 3.23. The summed E-state index contributed by atoms with van der Waals surface area (Å²) in [5.41, 5.74) is 1.53. The Morgan fingerprint density at radius 3 is 2.25 bits per heavy atom. The fraction of sp³-hybridized carbons (Fsp3) is 0.600. The van der Waals surface area contributed by atoms with E-state index in [-0.39, 0.29) is 0 Å². The Balaban J connectivity index is 1.47. The van der Waals surface area contributed by atoms with Gasteiger partial charge in [-0.1, -0.05) is 25.0 Å². The van der Waals surface area contributed by atoms with Gasteiger partial charge in [0.1, 0.15) is 0 Å². The van der Waals surface area contributed by atoms with Crippen molar-refractivity contribution in [1.82, 2.24) is 0 Å². The van der Waals surface area contributed by atoms with E-state index in [4.69, 9.17) is 0 Å². The van der Waals surface area contributed by atoms with E-state index in [1.54, 1.807) is 0 Å². The lowest BCUT2D eigenvalue weighted by molar-refractivity contribution is 0.726. The largest absolute Gasteiger partial charge is 0.126 e. The van der Waals surface area contributed by atoms with Crippen LogP contribution < -0.4 is 0 Å². The number of hydrogen-bond acceptors (Lipinski definition) is 1. The normalized spacial score (nSPS) is 20.0. The van der Waals surface area contributed by atoms with Crippen LogP contribution in [0.5, 0.6) is 0 Å². The number of rotatable bonds is 6. The standard InChI is InChI=1S/C15H20S/c1-2-12(1)3-4-13-7-9-15(10-8-13)16-11-14-5-6-14/h7-10,12,14H,1-6,11H2. The fourth-order valence-corrected chi connectivity index (χ4v) is 3.12. The van der Waals surface area contributed by atoms with E-state index in [0.29, 0.717) is 0 Å². The van der Waals surface area contributed by atoms with Crippen LogP contribution in [-0.2, 0) is 6.42 Å². The third-order valence-electron chi connectivity index (χ3n) is 3.64. The van der Waals surface area contributed by atoms with Crippen molar-refractivity contribution in [3.8, 4) is 0 Å². The number of hydrogen-bond donors (Lipinski definition) is 0. The van der Waals surface area contributed by atoms with Crippen LogP contribution in [0.1, 0.15) is 37.7 Å². The summed E-state index contributed by atoms with van der Waals surface area (Å²) < 4.78 is 0. The van der Waals surface area contributed by atoms with Crippen molar-refractivity contribution in [3.63, 3.8) is 0 Å². The van der Waals surface area contributed by atoms with Crippen molar-refractivity contribution in [1.29, 1.82) is 0 Å².